The molecule has 9 heteroatoms. The average molecular weight is 473 g/mol. The van der Waals surface area contributed by atoms with Crippen LogP contribution in [0.25, 0.3) is 21.7 Å². The topological polar surface area (TPSA) is 116 Å². The van der Waals surface area contributed by atoms with Crippen molar-refractivity contribution in [1.82, 2.24) is 14.9 Å². The number of hydrogen-bond acceptors (Lipinski definition) is 7. The number of aromatic amines is 1. The van der Waals surface area contributed by atoms with Crippen LogP contribution in [0.1, 0.15) is 27.6 Å². The average Bonchev–Trinajstić information content (AvgIpc) is 3.34. The van der Waals surface area contributed by atoms with E-state index in [0.29, 0.717) is 26.2 Å². The number of phenolic OH excluding ortho intramolecular Hbond substituents is 1. The highest BCUT2D eigenvalue weighted by Crippen LogP contribution is 2.32. The molecule has 4 aromatic rings. The van der Waals surface area contributed by atoms with Gasteiger partial charge >= 0.3 is 5.97 Å². The first kappa shape index (κ1) is 22.4. The number of fused-ring (bicyclic) bond motifs is 2. The van der Waals surface area contributed by atoms with Gasteiger partial charge < -0.3 is 24.6 Å². The Bertz CT molecular complexity index is 1450. The first-order valence-electron chi connectivity index (χ1n) is 11.4. The smallest absolute Gasteiger partial charge is 0.340 e. The second-order valence-corrected chi connectivity index (χ2v) is 8.27. The van der Waals surface area contributed by atoms with Crippen molar-refractivity contribution >= 4 is 45.2 Å². The summed E-state index contributed by atoms with van der Waals surface area (Å²) in [6.07, 6.45) is 3.12. The molecule has 1 amide bonds. The third-order valence-corrected chi connectivity index (χ3v) is 6.27. The van der Waals surface area contributed by atoms with Gasteiger partial charge in [0.05, 0.1) is 28.6 Å². The fourth-order valence-corrected chi connectivity index (χ4v) is 4.52. The summed E-state index contributed by atoms with van der Waals surface area (Å²) in [5, 5.41) is 12.7. The van der Waals surface area contributed by atoms with Gasteiger partial charge in [-0.1, -0.05) is 24.3 Å². The summed E-state index contributed by atoms with van der Waals surface area (Å²) in [7, 11) is 0. The number of ketones is 1. The van der Waals surface area contributed by atoms with E-state index in [1.54, 1.807) is 13.1 Å². The molecule has 2 aromatic carbocycles. The number of rotatable bonds is 5. The van der Waals surface area contributed by atoms with Crippen molar-refractivity contribution < 1.29 is 24.2 Å². The minimum absolute atomic E-state index is 0.0202. The maximum atomic E-state index is 13.1. The fourth-order valence-electron chi connectivity index (χ4n) is 4.52. The Morgan fingerprint density at radius 2 is 1.80 bits per heavy atom. The standard InChI is InChI=1S/C26H24N4O5/c1-2-35-26(34)18-7-8-20(31)21-19(15-28-22(18)21)23(32)25(33)30-13-11-29(12-14-30)24-17-6-4-3-5-16(17)9-10-27-24/h3-10,15,28,31H,2,11-14H2,1H3. The lowest BCUT2D eigenvalue weighted by molar-refractivity contribution is -0.126. The lowest BCUT2D eigenvalue weighted by Gasteiger charge is -2.35. The second kappa shape index (κ2) is 9.09. The van der Waals surface area contributed by atoms with Gasteiger partial charge in [0, 0.05) is 44.0 Å². The molecule has 178 valence electrons. The van der Waals surface area contributed by atoms with Crippen molar-refractivity contribution in [2.24, 2.45) is 0 Å². The van der Waals surface area contributed by atoms with Gasteiger partial charge in [0.15, 0.2) is 0 Å². The van der Waals surface area contributed by atoms with Gasteiger partial charge in [-0.2, -0.15) is 0 Å². The van der Waals surface area contributed by atoms with Crippen LogP contribution in [0.3, 0.4) is 0 Å². The molecule has 0 unspecified atom stereocenters. The normalized spacial score (nSPS) is 13.9. The highest BCUT2D eigenvalue weighted by atomic mass is 16.5. The molecule has 2 aromatic heterocycles. The van der Waals surface area contributed by atoms with Crippen LogP contribution in [0.15, 0.2) is 54.9 Å². The highest BCUT2D eigenvalue weighted by Gasteiger charge is 2.30. The number of carbonyl (C=O) groups excluding carboxylic acids is 3. The molecule has 1 saturated heterocycles. The highest BCUT2D eigenvalue weighted by molar-refractivity contribution is 6.45. The zero-order valence-corrected chi connectivity index (χ0v) is 19.2. The summed E-state index contributed by atoms with van der Waals surface area (Å²) in [6, 6.07) is 12.7. The predicted octanol–water partition coefficient (Wildman–Crippen LogP) is 3.13. The SMILES string of the molecule is CCOC(=O)c1ccc(O)c2c(C(=O)C(=O)N3CCN(c4nccc5ccccc45)CC3)c[nH]c12. The summed E-state index contributed by atoms with van der Waals surface area (Å²) in [4.78, 5) is 49.5. The largest absolute Gasteiger partial charge is 0.507 e. The number of anilines is 1. The summed E-state index contributed by atoms with van der Waals surface area (Å²) < 4.78 is 5.05. The Kier molecular flexibility index (Phi) is 5.82. The van der Waals surface area contributed by atoms with Gasteiger partial charge in [-0.15, -0.1) is 0 Å². The number of esters is 1. The van der Waals surface area contributed by atoms with E-state index >= 15 is 0 Å². The molecule has 0 aliphatic carbocycles. The molecular formula is C26H24N4O5. The molecule has 9 nitrogen and oxygen atoms in total. The number of phenols is 1. The molecule has 35 heavy (non-hydrogen) atoms. The van der Waals surface area contributed by atoms with Gasteiger partial charge in [0.2, 0.25) is 0 Å². The molecular weight excluding hydrogens is 448 g/mol. The van der Waals surface area contributed by atoms with E-state index in [4.69, 9.17) is 4.74 Å². The Balaban J connectivity index is 1.35. The van der Waals surface area contributed by atoms with E-state index in [-0.39, 0.29) is 34.4 Å². The Hall–Kier alpha value is -4.40. The number of H-pyrrole nitrogens is 1. The van der Waals surface area contributed by atoms with Crippen molar-refractivity contribution in [1.29, 1.82) is 0 Å². The number of benzene rings is 2. The Morgan fingerprint density at radius 3 is 2.57 bits per heavy atom. The number of nitrogens with zero attached hydrogens (tertiary/aromatic N) is 3. The van der Waals surface area contributed by atoms with E-state index in [0.717, 1.165) is 16.6 Å². The molecule has 0 bridgehead atoms. The zero-order valence-electron chi connectivity index (χ0n) is 19.2. The van der Waals surface area contributed by atoms with E-state index in [1.807, 2.05) is 30.3 Å². The molecule has 1 aliphatic heterocycles. The van der Waals surface area contributed by atoms with Gasteiger partial charge in [0.25, 0.3) is 11.7 Å². The lowest BCUT2D eigenvalue weighted by Crippen LogP contribution is -2.50. The summed E-state index contributed by atoms with van der Waals surface area (Å²) >= 11 is 0. The molecule has 3 heterocycles. The molecule has 0 radical (unpaired) electrons. The van der Waals surface area contributed by atoms with Crippen LogP contribution in [0.4, 0.5) is 5.82 Å². The van der Waals surface area contributed by atoms with E-state index in [2.05, 4.69) is 14.9 Å². The fraction of sp³-hybridized carbons (Fsp3) is 0.231. The third kappa shape index (κ3) is 3.95. The van der Waals surface area contributed by atoms with Gasteiger partial charge in [-0.3, -0.25) is 9.59 Å². The van der Waals surface area contributed by atoms with Crippen LogP contribution in [-0.4, -0.2) is 70.4 Å². The monoisotopic (exact) mass is 472 g/mol. The maximum absolute atomic E-state index is 13.1. The minimum atomic E-state index is -0.746. The zero-order chi connectivity index (χ0) is 24.5. The van der Waals surface area contributed by atoms with Crippen LogP contribution in [0.5, 0.6) is 5.75 Å². The molecule has 1 fully saturated rings. The van der Waals surface area contributed by atoms with Crippen LogP contribution in [0, 0.1) is 0 Å². The number of Topliss-reactive ketones (excluding diaryl/α,β-unsaturated/α-hetero) is 1. The number of nitrogens with one attached hydrogen (secondary N) is 1. The van der Waals surface area contributed by atoms with Crippen LogP contribution in [0.2, 0.25) is 0 Å². The van der Waals surface area contributed by atoms with Crippen LogP contribution >= 0.6 is 0 Å². The minimum Gasteiger partial charge on any atom is -0.507 e. The van der Waals surface area contributed by atoms with Gasteiger partial charge in [-0.25, -0.2) is 9.78 Å². The molecule has 2 N–H and O–H groups in total. The summed E-state index contributed by atoms with van der Waals surface area (Å²) in [5.74, 6) is -1.32. The Labute approximate surface area is 200 Å². The first-order chi connectivity index (χ1) is 17.0. The van der Waals surface area contributed by atoms with Gasteiger partial charge in [0.1, 0.15) is 11.6 Å². The number of aromatic hydroxyl groups is 1. The van der Waals surface area contributed by atoms with Gasteiger partial charge in [-0.05, 0) is 30.5 Å². The third-order valence-electron chi connectivity index (χ3n) is 6.27. The number of amides is 1. The number of aromatic nitrogens is 2. The first-order valence-corrected chi connectivity index (χ1v) is 11.4. The predicted molar refractivity (Wildman–Crippen MR) is 131 cm³/mol. The van der Waals surface area contributed by atoms with Crippen molar-refractivity contribution in [2.45, 2.75) is 6.92 Å². The summed E-state index contributed by atoms with van der Waals surface area (Å²) in [5.41, 5.74) is 0.459. The van der Waals surface area contributed by atoms with E-state index in [9.17, 15) is 19.5 Å². The number of pyridine rings is 1. The van der Waals surface area contributed by atoms with Crippen LogP contribution < -0.4 is 4.90 Å². The molecule has 1 aliphatic rings. The molecule has 5 rings (SSSR count). The van der Waals surface area contributed by atoms with Crippen LogP contribution in [-0.2, 0) is 9.53 Å². The number of piperazine rings is 1. The summed E-state index contributed by atoms with van der Waals surface area (Å²) in [6.45, 7) is 3.66. The van der Waals surface area contributed by atoms with Crippen molar-refractivity contribution in [2.75, 3.05) is 37.7 Å². The molecule has 0 saturated carbocycles. The number of hydrogen-bond donors (Lipinski definition) is 2. The molecule has 0 spiro atoms. The van der Waals surface area contributed by atoms with Crippen molar-refractivity contribution in [3.05, 3.63) is 66.0 Å². The van der Waals surface area contributed by atoms with Crippen molar-refractivity contribution in [3.63, 3.8) is 0 Å². The lowest BCUT2D eigenvalue weighted by atomic mass is 10.0. The quantitative estimate of drug-likeness (QED) is 0.260. The van der Waals surface area contributed by atoms with E-state index in [1.165, 1.54) is 23.2 Å². The molecule has 0 atom stereocenters. The maximum Gasteiger partial charge on any atom is 0.340 e. The van der Waals surface area contributed by atoms with E-state index < -0.39 is 17.7 Å². The van der Waals surface area contributed by atoms with Crippen molar-refractivity contribution in [3.8, 4) is 5.75 Å². The Morgan fingerprint density at radius 1 is 1.03 bits per heavy atom. The number of ether oxygens (including phenoxy) is 1. The second-order valence-electron chi connectivity index (χ2n) is 8.27. The number of carbonyl (C=O) groups is 3.